The number of nitrogens with one attached hydrogen (secondary N) is 2. The van der Waals surface area contributed by atoms with E-state index in [2.05, 4.69) is 44.3 Å². The van der Waals surface area contributed by atoms with Crippen LogP contribution >= 0.6 is 0 Å². The van der Waals surface area contributed by atoms with Crippen LogP contribution in [0.2, 0.25) is 0 Å². The van der Waals surface area contributed by atoms with Crippen LogP contribution < -0.4 is 10.6 Å². The average molecular weight is 391 g/mol. The number of hydrogen-bond acceptors (Lipinski definition) is 4. The first kappa shape index (κ1) is 20.4. The van der Waals surface area contributed by atoms with Gasteiger partial charge in [0.25, 0.3) is 0 Å². The van der Waals surface area contributed by atoms with Crippen molar-refractivity contribution in [2.45, 2.75) is 69.5 Å². The fourth-order valence-electron chi connectivity index (χ4n) is 5.56. The Hall–Kier alpha value is -0.850. The van der Waals surface area contributed by atoms with Gasteiger partial charge in [0.1, 0.15) is 0 Å². The highest BCUT2D eigenvalue weighted by Crippen LogP contribution is 2.32. The lowest BCUT2D eigenvalue weighted by Crippen LogP contribution is -2.62. The fourth-order valence-corrected chi connectivity index (χ4v) is 5.56. The van der Waals surface area contributed by atoms with Crippen LogP contribution in [0.25, 0.3) is 0 Å². The van der Waals surface area contributed by atoms with Gasteiger partial charge in [-0.2, -0.15) is 0 Å². The highest BCUT2D eigenvalue weighted by Gasteiger charge is 2.41. The Bertz CT molecular complexity index is 531. The zero-order chi connectivity index (χ0) is 19.6. The van der Waals surface area contributed by atoms with E-state index in [0.29, 0.717) is 17.5 Å². The van der Waals surface area contributed by atoms with E-state index in [4.69, 9.17) is 0 Å². The van der Waals surface area contributed by atoms with Crippen molar-refractivity contribution in [3.05, 3.63) is 0 Å². The Morgan fingerprint density at radius 2 is 1.75 bits per heavy atom. The summed E-state index contributed by atoms with van der Waals surface area (Å²) < 4.78 is 0. The van der Waals surface area contributed by atoms with Crippen molar-refractivity contribution < 1.29 is 0 Å². The molecule has 6 heteroatoms. The molecule has 4 fully saturated rings. The molecule has 0 spiro atoms. The molecule has 1 saturated carbocycles. The first-order valence-corrected chi connectivity index (χ1v) is 11.7. The average Bonchev–Trinajstić information content (AvgIpc) is 3.51. The van der Waals surface area contributed by atoms with Gasteiger partial charge in [-0.15, -0.1) is 0 Å². The van der Waals surface area contributed by atoms with E-state index in [-0.39, 0.29) is 0 Å². The molecule has 0 aromatic rings. The highest BCUT2D eigenvalue weighted by molar-refractivity contribution is 5.80. The van der Waals surface area contributed by atoms with E-state index in [1.165, 1.54) is 84.2 Å². The van der Waals surface area contributed by atoms with Crippen molar-refractivity contribution in [2.24, 2.45) is 10.9 Å². The molecule has 3 aliphatic heterocycles. The fraction of sp³-hybridized carbons (Fsp3) is 0.955. The predicted octanol–water partition coefficient (Wildman–Crippen LogP) is 1.58. The normalized spacial score (nSPS) is 33.2. The molecule has 160 valence electrons. The molecule has 4 aliphatic rings. The van der Waals surface area contributed by atoms with Gasteiger partial charge in [0.2, 0.25) is 0 Å². The second-order valence-electron chi connectivity index (χ2n) is 9.91. The monoisotopic (exact) mass is 390 g/mol. The van der Waals surface area contributed by atoms with Crippen LogP contribution in [0.3, 0.4) is 0 Å². The van der Waals surface area contributed by atoms with E-state index in [1.54, 1.807) is 0 Å². The van der Waals surface area contributed by atoms with E-state index >= 15 is 0 Å². The number of piperidine rings is 2. The summed E-state index contributed by atoms with van der Waals surface area (Å²) in [6.07, 6.45) is 9.46. The van der Waals surface area contributed by atoms with Crippen LogP contribution in [0.1, 0.15) is 51.9 Å². The number of aliphatic imine (C=N–C) groups is 1. The Labute approximate surface area is 172 Å². The molecule has 0 aromatic carbocycles. The molecule has 3 saturated heterocycles. The summed E-state index contributed by atoms with van der Waals surface area (Å²) >= 11 is 0. The highest BCUT2D eigenvalue weighted by atomic mass is 15.3. The molecule has 0 aromatic heterocycles. The predicted molar refractivity (Wildman–Crippen MR) is 117 cm³/mol. The number of likely N-dealkylation sites (tertiary alicyclic amines) is 3. The summed E-state index contributed by atoms with van der Waals surface area (Å²) in [7, 11) is 4.19. The SMILES string of the molecule is CN=C(NCC1(N2CCCCC2)CCN(C)CC1)NC1CN(C2CC2)CC1C. The third-order valence-electron chi connectivity index (χ3n) is 7.78. The maximum absolute atomic E-state index is 4.59. The lowest BCUT2D eigenvalue weighted by molar-refractivity contribution is 0.0173. The molecule has 1 aliphatic carbocycles. The summed E-state index contributed by atoms with van der Waals surface area (Å²) in [4.78, 5) is 12.6. The van der Waals surface area contributed by atoms with Gasteiger partial charge in [0.05, 0.1) is 0 Å². The molecule has 28 heavy (non-hydrogen) atoms. The summed E-state index contributed by atoms with van der Waals surface area (Å²) in [6.45, 7) is 10.8. The van der Waals surface area contributed by atoms with E-state index in [1.807, 2.05) is 7.05 Å². The van der Waals surface area contributed by atoms with Gasteiger partial charge >= 0.3 is 0 Å². The van der Waals surface area contributed by atoms with E-state index in [9.17, 15) is 0 Å². The van der Waals surface area contributed by atoms with Crippen LogP contribution in [0.15, 0.2) is 4.99 Å². The van der Waals surface area contributed by atoms with Gasteiger partial charge < -0.3 is 15.5 Å². The van der Waals surface area contributed by atoms with Crippen molar-refractivity contribution >= 4 is 5.96 Å². The Kier molecular flexibility index (Phi) is 6.48. The van der Waals surface area contributed by atoms with Crippen LogP contribution in [-0.4, -0.2) is 98.2 Å². The number of nitrogens with zero attached hydrogens (tertiary/aromatic N) is 4. The molecule has 4 rings (SSSR count). The quantitative estimate of drug-likeness (QED) is 0.551. The van der Waals surface area contributed by atoms with E-state index in [0.717, 1.165) is 18.5 Å². The Morgan fingerprint density at radius 3 is 2.39 bits per heavy atom. The van der Waals surface area contributed by atoms with Crippen molar-refractivity contribution in [2.75, 3.05) is 59.9 Å². The van der Waals surface area contributed by atoms with Crippen LogP contribution in [0, 0.1) is 5.92 Å². The minimum absolute atomic E-state index is 0.298. The van der Waals surface area contributed by atoms with Gasteiger partial charge in [0.15, 0.2) is 5.96 Å². The zero-order valence-corrected chi connectivity index (χ0v) is 18.4. The largest absolute Gasteiger partial charge is 0.355 e. The van der Waals surface area contributed by atoms with Gasteiger partial charge in [-0.25, -0.2) is 0 Å². The Balaban J connectivity index is 1.35. The van der Waals surface area contributed by atoms with Crippen LogP contribution in [0.5, 0.6) is 0 Å². The van der Waals surface area contributed by atoms with E-state index < -0.39 is 0 Å². The molecule has 0 bridgehead atoms. The van der Waals surface area contributed by atoms with Gasteiger partial charge in [0, 0.05) is 44.3 Å². The summed E-state index contributed by atoms with van der Waals surface area (Å²) in [5.41, 5.74) is 0.298. The molecular weight excluding hydrogens is 348 g/mol. The second-order valence-corrected chi connectivity index (χ2v) is 9.91. The smallest absolute Gasteiger partial charge is 0.191 e. The summed E-state index contributed by atoms with van der Waals surface area (Å²) in [5.74, 6) is 1.70. The van der Waals surface area contributed by atoms with Crippen molar-refractivity contribution in [1.82, 2.24) is 25.3 Å². The Morgan fingerprint density at radius 1 is 1.04 bits per heavy atom. The minimum atomic E-state index is 0.298. The number of guanidine groups is 1. The first-order chi connectivity index (χ1) is 13.6. The van der Waals surface area contributed by atoms with Crippen LogP contribution in [-0.2, 0) is 0 Å². The molecular formula is C22H42N6. The first-order valence-electron chi connectivity index (χ1n) is 11.7. The third kappa shape index (κ3) is 4.65. The molecule has 0 radical (unpaired) electrons. The maximum Gasteiger partial charge on any atom is 0.191 e. The molecule has 6 nitrogen and oxygen atoms in total. The maximum atomic E-state index is 4.59. The molecule has 3 heterocycles. The van der Waals surface area contributed by atoms with Gasteiger partial charge in [-0.05, 0) is 77.7 Å². The van der Waals surface area contributed by atoms with Gasteiger partial charge in [-0.3, -0.25) is 14.8 Å². The number of hydrogen-bond donors (Lipinski definition) is 2. The molecule has 0 amide bonds. The zero-order valence-electron chi connectivity index (χ0n) is 18.4. The van der Waals surface area contributed by atoms with Crippen LogP contribution in [0.4, 0.5) is 0 Å². The van der Waals surface area contributed by atoms with Crippen molar-refractivity contribution in [3.8, 4) is 0 Å². The van der Waals surface area contributed by atoms with Crippen molar-refractivity contribution in [3.63, 3.8) is 0 Å². The van der Waals surface area contributed by atoms with Crippen molar-refractivity contribution in [1.29, 1.82) is 0 Å². The second kappa shape index (κ2) is 8.88. The minimum Gasteiger partial charge on any atom is -0.355 e. The lowest BCUT2D eigenvalue weighted by atomic mass is 9.84. The topological polar surface area (TPSA) is 46.1 Å². The number of rotatable bonds is 5. The molecule has 2 N–H and O–H groups in total. The lowest BCUT2D eigenvalue weighted by Gasteiger charge is -2.50. The standard InChI is InChI=1S/C22H42N6/c1-18-15-27(19-7-8-19)16-20(18)25-21(23-2)24-17-22(9-13-26(3)14-10-22)28-11-5-4-6-12-28/h18-20H,4-17H2,1-3H3,(H2,23,24,25). The third-order valence-corrected chi connectivity index (χ3v) is 7.78. The molecule has 2 unspecified atom stereocenters. The van der Waals surface area contributed by atoms with Gasteiger partial charge in [-0.1, -0.05) is 13.3 Å². The summed E-state index contributed by atoms with van der Waals surface area (Å²) in [5, 5.41) is 7.52. The molecule has 2 atom stereocenters. The summed E-state index contributed by atoms with van der Waals surface area (Å²) in [6, 6.07) is 1.39.